The van der Waals surface area contributed by atoms with Gasteiger partial charge in [-0.15, -0.1) is 0 Å². The molecule has 0 amide bonds. The van der Waals surface area contributed by atoms with Crippen molar-refractivity contribution >= 4 is 11.6 Å². The number of hydrogen-bond acceptors (Lipinski definition) is 0. The van der Waals surface area contributed by atoms with Gasteiger partial charge in [-0.2, -0.15) is 0 Å². The summed E-state index contributed by atoms with van der Waals surface area (Å²) in [4.78, 5) is 0. The zero-order chi connectivity index (χ0) is 9.72. The maximum atomic E-state index is 12.5. The van der Waals surface area contributed by atoms with Crippen molar-refractivity contribution in [2.45, 2.75) is 20.8 Å². The summed E-state index contributed by atoms with van der Waals surface area (Å²) < 4.78 is 24.8. The average Bonchev–Trinajstić information content (AvgIpc) is 2.05. The van der Waals surface area contributed by atoms with E-state index >= 15 is 0 Å². The second-order valence-corrected chi connectivity index (χ2v) is 2.42. The molecule has 12 heavy (non-hydrogen) atoms. The van der Waals surface area contributed by atoms with Crippen molar-refractivity contribution in [3.63, 3.8) is 0 Å². The van der Waals surface area contributed by atoms with Crippen molar-refractivity contribution in [1.29, 1.82) is 0 Å². The molecule has 0 saturated heterocycles. The van der Waals surface area contributed by atoms with E-state index in [-0.39, 0.29) is 5.02 Å². The number of aryl methyl sites for hydroxylation is 1. The SMILES string of the molecule is CC.Cc1cc(Cl)c(F)cc1F. The van der Waals surface area contributed by atoms with E-state index in [1.54, 1.807) is 0 Å². The Morgan fingerprint density at radius 2 is 1.58 bits per heavy atom. The number of halogens is 3. The first kappa shape index (κ1) is 11.4. The molecule has 0 aliphatic rings. The lowest BCUT2D eigenvalue weighted by Gasteiger charge is -1.96. The molecular formula is C9H11ClF2. The summed E-state index contributed by atoms with van der Waals surface area (Å²) in [5.41, 5.74) is 0.353. The van der Waals surface area contributed by atoms with Crippen LogP contribution in [0.25, 0.3) is 0 Å². The Labute approximate surface area is 76.2 Å². The van der Waals surface area contributed by atoms with Crippen LogP contribution in [0.15, 0.2) is 12.1 Å². The van der Waals surface area contributed by atoms with Crippen molar-refractivity contribution in [3.05, 3.63) is 34.4 Å². The molecule has 0 atom stereocenters. The van der Waals surface area contributed by atoms with Crippen LogP contribution >= 0.6 is 11.6 Å². The molecule has 1 aromatic rings. The first-order valence-electron chi connectivity index (χ1n) is 3.72. The lowest BCUT2D eigenvalue weighted by atomic mass is 10.2. The Balaban J connectivity index is 0.000000561. The van der Waals surface area contributed by atoms with E-state index in [4.69, 9.17) is 11.6 Å². The summed E-state index contributed by atoms with van der Waals surface area (Å²) in [5, 5.41) is -0.0427. The highest BCUT2D eigenvalue weighted by molar-refractivity contribution is 6.30. The molecule has 1 rings (SSSR count). The number of rotatable bonds is 0. The van der Waals surface area contributed by atoms with Gasteiger partial charge in [0.15, 0.2) is 0 Å². The predicted octanol–water partition coefficient (Wildman–Crippen LogP) is 3.95. The van der Waals surface area contributed by atoms with Gasteiger partial charge in [0, 0.05) is 6.07 Å². The van der Waals surface area contributed by atoms with Gasteiger partial charge in [0.25, 0.3) is 0 Å². The van der Waals surface area contributed by atoms with Crippen LogP contribution in [0.5, 0.6) is 0 Å². The third-order valence-electron chi connectivity index (χ3n) is 1.20. The van der Waals surface area contributed by atoms with Crippen LogP contribution in [0, 0.1) is 18.6 Å². The minimum absolute atomic E-state index is 0.0427. The van der Waals surface area contributed by atoms with Crippen molar-refractivity contribution in [2.24, 2.45) is 0 Å². The minimum atomic E-state index is -0.718. The number of hydrogen-bond donors (Lipinski definition) is 0. The summed E-state index contributed by atoms with van der Waals surface area (Å²) in [6.45, 7) is 5.53. The van der Waals surface area contributed by atoms with E-state index in [1.165, 1.54) is 13.0 Å². The highest BCUT2D eigenvalue weighted by atomic mass is 35.5. The van der Waals surface area contributed by atoms with E-state index in [2.05, 4.69) is 0 Å². The molecule has 1 aromatic carbocycles. The summed E-state index contributed by atoms with van der Waals surface area (Å²) in [7, 11) is 0. The summed E-state index contributed by atoms with van der Waals surface area (Å²) in [6, 6.07) is 2.03. The normalized spacial score (nSPS) is 8.83. The molecule has 0 nitrogen and oxygen atoms in total. The summed E-state index contributed by atoms with van der Waals surface area (Å²) in [5.74, 6) is -1.29. The van der Waals surface area contributed by atoms with Gasteiger partial charge in [-0.1, -0.05) is 25.4 Å². The number of benzene rings is 1. The second kappa shape index (κ2) is 5.09. The first-order chi connectivity index (χ1) is 5.61. The lowest BCUT2D eigenvalue weighted by Crippen LogP contribution is -1.84. The van der Waals surface area contributed by atoms with Gasteiger partial charge in [0.05, 0.1) is 5.02 Å². The van der Waals surface area contributed by atoms with Gasteiger partial charge in [-0.25, -0.2) is 8.78 Å². The Kier molecular flexibility index (Phi) is 4.83. The van der Waals surface area contributed by atoms with Crippen LogP contribution in [0.3, 0.4) is 0 Å². The minimum Gasteiger partial charge on any atom is -0.207 e. The van der Waals surface area contributed by atoms with Gasteiger partial charge in [-0.05, 0) is 18.6 Å². The molecule has 0 unspecified atom stereocenters. The standard InChI is InChI=1S/C7H5ClF2.C2H6/c1-4-2-5(8)7(10)3-6(4)9;1-2/h2-3H,1H3;1-2H3. The Morgan fingerprint density at radius 1 is 1.08 bits per heavy atom. The Hall–Kier alpha value is -0.630. The molecule has 0 aromatic heterocycles. The Morgan fingerprint density at radius 3 is 2.00 bits per heavy atom. The van der Waals surface area contributed by atoms with E-state index in [1.807, 2.05) is 13.8 Å². The van der Waals surface area contributed by atoms with Crippen molar-refractivity contribution in [1.82, 2.24) is 0 Å². The average molecular weight is 193 g/mol. The van der Waals surface area contributed by atoms with Crippen LogP contribution in [0.1, 0.15) is 19.4 Å². The van der Waals surface area contributed by atoms with Crippen LogP contribution in [0.2, 0.25) is 5.02 Å². The van der Waals surface area contributed by atoms with Crippen LogP contribution in [-0.4, -0.2) is 0 Å². The van der Waals surface area contributed by atoms with Gasteiger partial charge in [0.1, 0.15) is 11.6 Å². The van der Waals surface area contributed by atoms with E-state index < -0.39 is 11.6 Å². The van der Waals surface area contributed by atoms with Crippen LogP contribution < -0.4 is 0 Å². The maximum absolute atomic E-state index is 12.5. The summed E-state index contributed by atoms with van der Waals surface area (Å²) >= 11 is 5.34. The van der Waals surface area contributed by atoms with Gasteiger partial charge in [-0.3, -0.25) is 0 Å². The largest absolute Gasteiger partial charge is 0.207 e. The predicted molar refractivity (Wildman–Crippen MR) is 47.5 cm³/mol. The van der Waals surface area contributed by atoms with E-state index in [0.29, 0.717) is 5.56 Å². The quantitative estimate of drug-likeness (QED) is 0.546. The van der Waals surface area contributed by atoms with Crippen molar-refractivity contribution < 1.29 is 8.78 Å². The second-order valence-electron chi connectivity index (χ2n) is 2.02. The fourth-order valence-electron chi connectivity index (χ4n) is 0.622. The zero-order valence-corrected chi connectivity index (χ0v) is 8.04. The van der Waals surface area contributed by atoms with Crippen LogP contribution in [0.4, 0.5) is 8.78 Å². The molecular weight excluding hydrogens is 182 g/mol. The molecule has 0 spiro atoms. The van der Waals surface area contributed by atoms with Gasteiger partial charge in [0.2, 0.25) is 0 Å². The lowest BCUT2D eigenvalue weighted by molar-refractivity contribution is 0.578. The third-order valence-corrected chi connectivity index (χ3v) is 1.49. The molecule has 0 aliphatic heterocycles. The Bertz CT molecular complexity index is 209. The molecule has 0 N–H and O–H groups in total. The van der Waals surface area contributed by atoms with E-state index in [0.717, 1.165) is 6.07 Å². The highest BCUT2D eigenvalue weighted by Gasteiger charge is 2.03. The first-order valence-corrected chi connectivity index (χ1v) is 4.10. The molecule has 0 radical (unpaired) electrons. The van der Waals surface area contributed by atoms with Gasteiger partial charge >= 0.3 is 0 Å². The zero-order valence-electron chi connectivity index (χ0n) is 7.29. The fourth-order valence-corrected chi connectivity index (χ4v) is 0.840. The molecule has 68 valence electrons. The molecule has 0 heterocycles. The molecule has 0 fully saturated rings. The fraction of sp³-hybridized carbons (Fsp3) is 0.333. The molecule has 3 heteroatoms. The van der Waals surface area contributed by atoms with Crippen molar-refractivity contribution in [2.75, 3.05) is 0 Å². The highest BCUT2D eigenvalue weighted by Crippen LogP contribution is 2.17. The monoisotopic (exact) mass is 192 g/mol. The third kappa shape index (κ3) is 2.78. The molecule has 0 bridgehead atoms. The molecule has 0 aliphatic carbocycles. The van der Waals surface area contributed by atoms with Crippen LogP contribution in [-0.2, 0) is 0 Å². The van der Waals surface area contributed by atoms with Crippen molar-refractivity contribution in [3.8, 4) is 0 Å². The maximum Gasteiger partial charge on any atom is 0.144 e. The smallest absolute Gasteiger partial charge is 0.144 e. The van der Waals surface area contributed by atoms with Gasteiger partial charge < -0.3 is 0 Å². The van der Waals surface area contributed by atoms with E-state index in [9.17, 15) is 8.78 Å². The summed E-state index contributed by atoms with van der Waals surface area (Å²) in [6.07, 6.45) is 0. The topological polar surface area (TPSA) is 0 Å². The molecule has 0 saturated carbocycles.